The van der Waals surface area contributed by atoms with Gasteiger partial charge in [-0.2, -0.15) is 0 Å². The summed E-state index contributed by atoms with van der Waals surface area (Å²) in [5.74, 6) is -1.34. The van der Waals surface area contributed by atoms with Crippen molar-refractivity contribution in [2.45, 2.75) is 26.2 Å². The number of hydrogen-bond acceptors (Lipinski definition) is 4. The number of hydrogen-bond donors (Lipinski definition) is 4. The third kappa shape index (κ3) is 3.89. The maximum absolute atomic E-state index is 12.6. The predicted molar refractivity (Wildman–Crippen MR) is 98.7 cm³/mol. The molecule has 140 valence electrons. The number of anilines is 1. The smallest absolute Gasteiger partial charge is 0.272 e. The number of benzene rings is 1. The van der Waals surface area contributed by atoms with E-state index >= 15 is 0 Å². The van der Waals surface area contributed by atoms with Crippen LogP contribution in [0, 0.1) is 6.92 Å². The highest BCUT2D eigenvalue weighted by Crippen LogP contribution is 2.27. The summed E-state index contributed by atoms with van der Waals surface area (Å²) in [6, 6.07) is 6.23. The van der Waals surface area contributed by atoms with Gasteiger partial charge in [-0.15, -0.1) is 0 Å². The van der Waals surface area contributed by atoms with Crippen LogP contribution in [0.25, 0.3) is 0 Å². The van der Waals surface area contributed by atoms with Crippen LogP contribution in [0.3, 0.4) is 0 Å². The molecule has 1 aliphatic rings. The maximum Gasteiger partial charge on any atom is 0.272 e. The number of aromatic nitrogens is 1. The van der Waals surface area contributed by atoms with Gasteiger partial charge < -0.3 is 21.4 Å². The Morgan fingerprint density at radius 3 is 2.44 bits per heavy atom. The topological polar surface area (TPSA) is 134 Å². The highest BCUT2D eigenvalue weighted by atomic mass is 16.2. The maximum atomic E-state index is 12.6. The van der Waals surface area contributed by atoms with E-state index < -0.39 is 11.8 Å². The molecule has 1 heterocycles. The average molecular weight is 368 g/mol. The SMILES string of the molecule is Cc1c(C(=O)Nc2ccc(C(=O)NCC(N)=O)cc2)[nH]c2c1C(=O)CCC2. The zero-order valence-corrected chi connectivity index (χ0v) is 14.8. The van der Waals surface area contributed by atoms with Gasteiger partial charge in [0.2, 0.25) is 5.91 Å². The van der Waals surface area contributed by atoms with Gasteiger partial charge in [0.05, 0.1) is 6.54 Å². The van der Waals surface area contributed by atoms with Gasteiger partial charge in [-0.05, 0) is 49.6 Å². The minimum atomic E-state index is -0.630. The van der Waals surface area contributed by atoms with Crippen LogP contribution < -0.4 is 16.4 Å². The number of carbonyl (C=O) groups excluding carboxylic acids is 4. The van der Waals surface area contributed by atoms with Gasteiger partial charge >= 0.3 is 0 Å². The number of aromatic amines is 1. The Morgan fingerprint density at radius 1 is 1.11 bits per heavy atom. The summed E-state index contributed by atoms with van der Waals surface area (Å²) in [4.78, 5) is 50.3. The van der Waals surface area contributed by atoms with Crippen LogP contribution in [-0.2, 0) is 11.2 Å². The van der Waals surface area contributed by atoms with Crippen LogP contribution in [0.2, 0.25) is 0 Å². The van der Waals surface area contributed by atoms with E-state index in [2.05, 4.69) is 15.6 Å². The van der Waals surface area contributed by atoms with Crippen LogP contribution in [-0.4, -0.2) is 35.0 Å². The van der Waals surface area contributed by atoms with Gasteiger partial charge in [0, 0.05) is 28.9 Å². The summed E-state index contributed by atoms with van der Waals surface area (Å²) in [5, 5.41) is 5.14. The first kappa shape index (κ1) is 18.4. The highest BCUT2D eigenvalue weighted by Gasteiger charge is 2.26. The number of ketones is 1. The number of primary amides is 1. The van der Waals surface area contributed by atoms with Crippen molar-refractivity contribution < 1.29 is 19.2 Å². The zero-order chi connectivity index (χ0) is 19.6. The standard InChI is InChI=1S/C19H20N4O4/c1-10-16-13(3-2-4-14(16)24)23-17(10)19(27)22-12-7-5-11(6-8-12)18(26)21-9-15(20)25/h5-8,23H,2-4,9H2,1H3,(H2,20,25)(H,21,26)(H,22,27). The molecule has 5 N–H and O–H groups in total. The van der Waals surface area contributed by atoms with Gasteiger partial charge in [-0.3, -0.25) is 19.2 Å². The van der Waals surface area contributed by atoms with E-state index in [4.69, 9.17) is 5.73 Å². The second-order valence-electron chi connectivity index (χ2n) is 6.44. The van der Waals surface area contributed by atoms with Gasteiger partial charge in [0.1, 0.15) is 5.69 Å². The molecule has 0 radical (unpaired) electrons. The Labute approximate surface area is 155 Å². The van der Waals surface area contributed by atoms with E-state index in [-0.39, 0.29) is 18.2 Å². The fraction of sp³-hybridized carbons (Fsp3) is 0.263. The van der Waals surface area contributed by atoms with E-state index in [0.29, 0.717) is 34.5 Å². The summed E-state index contributed by atoms with van der Waals surface area (Å²) in [6.45, 7) is 1.52. The van der Waals surface area contributed by atoms with Gasteiger partial charge in [0.15, 0.2) is 5.78 Å². The molecule has 2 aromatic rings. The molecule has 1 aromatic carbocycles. The molecular formula is C19H20N4O4. The van der Waals surface area contributed by atoms with E-state index in [1.807, 2.05) is 0 Å². The molecule has 0 spiro atoms. The van der Waals surface area contributed by atoms with Crippen LogP contribution in [0.4, 0.5) is 5.69 Å². The second-order valence-corrected chi connectivity index (χ2v) is 6.44. The number of Topliss-reactive ketones (excluding diaryl/α,β-unsaturated/α-hetero) is 1. The van der Waals surface area contributed by atoms with Crippen LogP contribution in [0.5, 0.6) is 0 Å². The van der Waals surface area contributed by atoms with Gasteiger partial charge in [-0.25, -0.2) is 0 Å². The first-order valence-corrected chi connectivity index (χ1v) is 8.59. The Hall–Kier alpha value is -3.42. The molecule has 1 aromatic heterocycles. The quantitative estimate of drug-likeness (QED) is 0.633. The zero-order valence-electron chi connectivity index (χ0n) is 14.8. The Morgan fingerprint density at radius 2 is 1.81 bits per heavy atom. The minimum Gasteiger partial charge on any atom is -0.368 e. The molecule has 3 rings (SSSR count). The van der Waals surface area contributed by atoms with Gasteiger partial charge in [-0.1, -0.05) is 0 Å². The fourth-order valence-corrected chi connectivity index (χ4v) is 3.17. The summed E-state index contributed by atoms with van der Waals surface area (Å²) >= 11 is 0. The third-order valence-corrected chi connectivity index (χ3v) is 4.49. The molecule has 0 aliphatic heterocycles. The molecule has 27 heavy (non-hydrogen) atoms. The summed E-state index contributed by atoms with van der Waals surface area (Å²) in [7, 11) is 0. The van der Waals surface area contributed by atoms with E-state index in [0.717, 1.165) is 18.5 Å². The van der Waals surface area contributed by atoms with Crippen molar-refractivity contribution in [3.05, 3.63) is 52.3 Å². The number of fused-ring (bicyclic) bond motifs is 1. The lowest BCUT2D eigenvalue weighted by atomic mass is 9.94. The molecule has 0 unspecified atom stereocenters. The molecule has 8 nitrogen and oxygen atoms in total. The first-order chi connectivity index (χ1) is 12.9. The monoisotopic (exact) mass is 368 g/mol. The number of carbonyl (C=O) groups is 4. The van der Waals surface area contributed by atoms with E-state index in [1.54, 1.807) is 19.1 Å². The summed E-state index contributed by atoms with van der Waals surface area (Å²) < 4.78 is 0. The minimum absolute atomic E-state index is 0.0652. The lowest BCUT2D eigenvalue weighted by Gasteiger charge is -2.09. The van der Waals surface area contributed by atoms with Crippen molar-refractivity contribution in [2.75, 3.05) is 11.9 Å². The Balaban J connectivity index is 1.71. The molecule has 8 heteroatoms. The molecule has 0 saturated heterocycles. The number of H-pyrrole nitrogens is 1. The normalized spacial score (nSPS) is 13.0. The van der Waals surface area contributed by atoms with Crippen LogP contribution >= 0.6 is 0 Å². The van der Waals surface area contributed by atoms with Crippen LogP contribution in [0.15, 0.2) is 24.3 Å². The predicted octanol–water partition coefficient (Wildman–Crippen LogP) is 1.31. The summed E-state index contributed by atoms with van der Waals surface area (Å²) in [5.41, 5.74) is 8.31. The lowest BCUT2D eigenvalue weighted by molar-refractivity contribution is -0.117. The van der Waals surface area contributed by atoms with E-state index in [9.17, 15) is 19.2 Å². The molecule has 0 bridgehead atoms. The third-order valence-electron chi connectivity index (χ3n) is 4.49. The van der Waals surface area contributed by atoms with Crippen molar-refractivity contribution >= 4 is 29.2 Å². The number of nitrogens with one attached hydrogen (secondary N) is 3. The van der Waals surface area contributed by atoms with E-state index in [1.165, 1.54) is 12.1 Å². The lowest BCUT2D eigenvalue weighted by Crippen LogP contribution is -2.33. The molecule has 0 atom stereocenters. The molecule has 0 fully saturated rings. The number of rotatable bonds is 5. The molecule has 0 saturated carbocycles. The summed E-state index contributed by atoms with van der Waals surface area (Å²) in [6.07, 6.45) is 2.04. The molecule has 3 amide bonds. The number of amides is 3. The number of aryl methyl sites for hydroxylation is 1. The largest absolute Gasteiger partial charge is 0.368 e. The van der Waals surface area contributed by atoms with Crippen molar-refractivity contribution in [1.82, 2.24) is 10.3 Å². The number of nitrogens with two attached hydrogens (primary N) is 1. The average Bonchev–Trinajstić information content (AvgIpc) is 2.98. The van der Waals surface area contributed by atoms with Crippen LogP contribution in [0.1, 0.15) is 55.3 Å². The first-order valence-electron chi connectivity index (χ1n) is 8.59. The van der Waals surface area contributed by atoms with Crippen molar-refractivity contribution in [3.8, 4) is 0 Å². The van der Waals surface area contributed by atoms with Crippen molar-refractivity contribution in [1.29, 1.82) is 0 Å². The highest BCUT2D eigenvalue weighted by molar-refractivity contribution is 6.08. The Bertz CT molecular complexity index is 928. The van der Waals surface area contributed by atoms with Crippen molar-refractivity contribution in [3.63, 3.8) is 0 Å². The molecular weight excluding hydrogens is 348 g/mol. The second kappa shape index (κ2) is 7.45. The molecule has 1 aliphatic carbocycles. The Kier molecular flexibility index (Phi) is 5.07. The fourth-order valence-electron chi connectivity index (χ4n) is 3.17. The van der Waals surface area contributed by atoms with Gasteiger partial charge in [0.25, 0.3) is 11.8 Å². The van der Waals surface area contributed by atoms with Crippen molar-refractivity contribution in [2.24, 2.45) is 5.73 Å².